The van der Waals surface area contributed by atoms with Crippen molar-refractivity contribution < 1.29 is 9.53 Å². The Bertz CT molecular complexity index is 1130. The first-order valence-electron chi connectivity index (χ1n) is 9.29. The number of H-pyrrole nitrogens is 1. The number of benzene rings is 2. The highest BCUT2D eigenvalue weighted by Crippen LogP contribution is 2.19. The van der Waals surface area contributed by atoms with E-state index in [1.54, 1.807) is 31.2 Å². The van der Waals surface area contributed by atoms with Crippen molar-refractivity contribution >= 4 is 51.1 Å². The summed E-state index contributed by atoms with van der Waals surface area (Å²) in [5.74, 6) is 0.469. The standard InChI is InChI=1S/C21H22N4O3S2/c1-3-28-19(27)15-7-4-13(5-8-15)12-30-21(29)25(2)11-14-6-9-17-16(10-14)18(26)24-20(22)23-17/h4-10H,3,11-12H2,1-2H3,(H3,22,23,24,26). The van der Waals surface area contributed by atoms with Crippen molar-refractivity contribution in [2.45, 2.75) is 19.2 Å². The number of carbonyl (C=O) groups excluding carboxylic acids is 1. The van der Waals surface area contributed by atoms with Gasteiger partial charge in [-0.3, -0.25) is 9.78 Å². The highest BCUT2D eigenvalue weighted by Gasteiger charge is 2.10. The van der Waals surface area contributed by atoms with Crippen molar-refractivity contribution in [3.05, 3.63) is 69.5 Å². The van der Waals surface area contributed by atoms with Crippen LogP contribution < -0.4 is 11.3 Å². The first kappa shape index (κ1) is 21.8. The molecule has 1 aromatic heterocycles. The van der Waals surface area contributed by atoms with Gasteiger partial charge in [0.15, 0.2) is 0 Å². The number of aromatic amines is 1. The first-order valence-corrected chi connectivity index (χ1v) is 10.7. The topological polar surface area (TPSA) is 101 Å². The van der Waals surface area contributed by atoms with Crippen LogP contribution in [-0.4, -0.2) is 38.8 Å². The molecule has 3 N–H and O–H groups in total. The summed E-state index contributed by atoms with van der Waals surface area (Å²) in [6.45, 7) is 2.70. The Hall–Kier alpha value is -2.91. The minimum absolute atomic E-state index is 0.102. The fourth-order valence-corrected chi connectivity index (χ4v) is 3.86. The minimum Gasteiger partial charge on any atom is -0.462 e. The Morgan fingerprint density at radius 2 is 1.93 bits per heavy atom. The lowest BCUT2D eigenvalue weighted by molar-refractivity contribution is 0.0526. The van der Waals surface area contributed by atoms with Gasteiger partial charge in [0.2, 0.25) is 5.95 Å². The summed E-state index contributed by atoms with van der Waals surface area (Å²) in [6.07, 6.45) is 0. The molecule has 0 bridgehead atoms. The van der Waals surface area contributed by atoms with E-state index in [1.807, 2.05) is 30.1 Å². The summed E-state index contributed by atoms with van der Waals surface area (Å²) in [5, 5.41) is 0.496. The Balaban J connectivity index is 1.59. The molecule has 0 radical (unpaired) electrons. The number of thiocarbonyl (C=S) groups is 1. The van der Waals surface area contributed by atoms with E-state index in [2.05, 4.69) is 9.97 Å². The van der Waals surface area contributed by atoms with Crippen molar-refractivity contribution in [1.29, 1.82) is 0 Å². The summed E-state index contributed by atoms with van der Waals surface area (Å²) in [4.78, 5) is 32.4. The number of anilines is 1. The molecule has 0 fully saturated rings. The van der Waals surface area contributed by atoms with Crippen LogP contribution in [0.4, 0.5) is 5.95 Å². The molecule has 0 atom stereocenters. The van der Waals surface area contributed by atoms with Gasteiger partial charge in [-0.25, -0.2) is 9.78 Å². The third-order valence-electron chi connectivity index (χ3n) is 4.35. The number of hydrogen-bond donors (Lipinski definition) is 2. The number of fused-ring (bicyclic) bond motifs is 1. The molecule has 0 aliphatic carbocycles. The van der Waals surface area contributed by atoms with E-state index >= 15 is 0 Å². The van der Waals surface area contributed by atoms with Crippen LogP contribution >= 0.6 is 24.0 Å². The van der Waals surface area contributed by atoms with Gasteiger partial charge in [-0.15, -0.1) is 0 Å². The zero-order valence-corrected chi connectivity index (χ0v) is 18.3. The Morgan fingerprint density at radius 1 is 1.23 bits per heavy atom. The SMILES string of the molecule is CCOC(=O)c1ccc(CSC(=S)N(C)Cc2ccc3nc(N)[nH]c(=O)c3c2)cc1. The van der Waals surface area contributed by atoms with Gasteiger partial charge in [0.25, 0.3) is 5.56 Å². The summed E-state index contributed by atoms with van der Waals surface area (Å²) in [6, 6.07) is 12.8. The number of thioether (sulfide) groups is 1. The quantitative estimate of drug-likeness (QED) is 0.443. The normalized spacial score (nSPS) is 10.7. The van der Waals surface area contributed by atoms with Gasteiger partial charge in [-0.05, 0) is 42.3 Å². The maximum absolute atomic E-state index is 12.1. The number of nitrogens with one attached hydrogen (secondary N) is 1. The molecule has 30 heavy (non-hydrogen) atoms. The predicted molar refractivity (Wildman–Crippen MR) is 125 cm³/mol. The van der Waals surface area contributed by atoms with Gasteiger partial charge in [0, 0.05) is 19.3 Å². The molecule has 0 saturated heterocycles. The molecule has 0 unspecified atom stereocenters. The minimum atomic E-state index is -0.320. The number of nitrogens with zero attached hydrogens (tertiary/aromatic N) is 2. The summed E-state index contributed by atoms with van der Waals surface area (Å²) in [5.41, 5.74) is 8.43. The number of ether oxygens (including phenoxy) is 1. The van der Waals surface area contributed by atoms with Crippen molar-refractivity contribution in [2.75, 3.05) is 19.4 Å². The second kappa shape index (κ2) is 9.73. The van der Waals surface area contributed by atoms with Gasteiger partial charge in [-0.2, -0.15) is 0 Å². The molecule has 3 aromatic rings. The molecule has 3 rings (SSSR count). The predicted octanol–water partition coefficient (Wildman–Crippen LogP) is 3.33. The van der Waals surface area contributed by atoms with Gasteiger partial charge >= 0.3 is 5.97 Å². The van der Waals surface area contributed by atoms with E-state index in [0.717, 1.165) is 15.4 Å². The van der Waals surface area contributed by atoms with Crippen molar-refractivity contribution in [1.82, 2.24) is 14.9 Å². The monoisotopic (exact) mass is 442 g/mol. The lowest BCUT2D eigenvalue weighted by Gasteiger charge is -2.19. The van der Waals surface area contributed by atoms with Crippen LogP contribution in [0.3, 0.4) is 0 Å². The number of carbonyl (C=O) groups is 1. The van der Waals surface area contributed by atoms with Crippen LogP contribution in [0.15, 0.2) is 47.3 Å². The van der Waals surface area contributed by atoms with E-state index in [9.17, 15) is 9.59 Å². The fourth-order valence-electron chi connectivity index (χ4n) is 2.85. The lowest BCUT2D eigenvalue weighted by atomic mass is 10.1. The molecule has 9 heteroatoms. The van der Waals surface area contributed by atoms with Crippen LogP contribution in [0.5, 0.6) is 0 Å². The zero-order valence-electron chi connectivity index (χ0n) is 16.7. The molecular formula is C21H22N4O3S2. The highest BCUT2D eigenvalue weighted by atomic mass is 32.2. The van der Waals surface area contributed by atoms with Gasteiger partial charge < -0.3 is 15.4 Å². The number of esters is 1. The van der Waals surface area contributed by atoms with Crippen LogP contribution in [0.25, 0.3) is 10.9 Å². The zero-order chi connectivity index (χ0) is 21.7. The van der Waals surface area contributed by atoms with E-state index in [4.69, 9.17) is 22.7 Å². The van der Waals surface area contributed by atoms with E-state index in [0.29, 0.717) is 35.4 Å². The molecule has 0 spiro atoms. The number of nitrogens with two attached hydrogens (primary N) is 1. The summed E-state index contributed by atoms with van der Waals surface area (Å²) < 4.78 is 5.72. The van der Waals surface area contributed by atoms with Gasteiger partial charge in [-0.1, -0.05) is 42.2 Å². The fraction of sp³-hybridized carbons (Fsp3) is 0.238. The Kier molecular flexibility index (Phi) is 7.07. The Morgan fingerprint density at radius 3 is 2.63 bits per heavy atom. The third-order valence-corrected chi connectivity index (χ3v) is 6.05. The number of nitrogen functional groups attached to an aromatic ring is 1. The molecule has 156 valence electrons. The molecule has 0 aliphatic heterocycles. The first-order chi connectivity index (χ1) is 14.4. The lowest BCUT2D eigenvalue weighted by Crippen LogP contribution is -2.22. The van der Waals surface area contributed by atoms with E-state index in [-0.39, 0.29) is 17.5 Å². The van der Waals surface area contributed by atoms with Crippen LogP contribution in [-0.2, 0) is 17.0 Å². The second-order valence-corrected chi connectivity index (χ2v) is 8.24. The van der Waals surface area contributed by atoms with Gasteiger partial charge in [0.1, 0.15) is 4.32 Å². The van der Waals surface area contributed by atoms with Crippen LogP contribution in [0, 0.1) is 0 Å². The molecule has 0 saturated carbocycles. The molecular weight excluding hydrogens is 420 g/mol. The molecule has 2 aromatic carbocycles. The molecule has 0 aliphatic rings. The second-order valence-electron chi connectivity index (χ2n) is 6.63. The summed E-state index contributed by atoms with van der Waals surface area (Å²) >= 11 is 7.07. The summed E-state index contributed by atoms with van der Waals surface area (Å²) in [7, 11) is 1.91. The van der Waals surface area contributed by atoms with Crippen LogP contribution in [0.2, 0.25) is 0 Å². The molecule has 0 amide bonds. The van der Waals surface area contributed by atoms with Crippen molar-refractivity contribution in [3.8, 4) is 0 Å². The average molecular weight is 443 g/mol. The highest BCUT2D eigenvalue weighted by molar-refractivity contribution is 8.22. The van der Waals surface area contributed by atoms with E-state index < -0.39 is 0 Å². The molecule has 7 nitrogen and oxygen atoms in total. The number of hydrogen-bond acceptors (Lipinski definition) is 7. The number of rotatable bonds is 6. The van der Waals surface area contributed by atoms with Crippen molar-refractivity contribution in [2.24, 2.45) is 0 Å². The van der Waals surface area contributed by atoms with Crippen molar-refractivity contribution in [3.63, 3.8) is 0 Å². The largest absolute Gasteiger partial charge is 0.462 e. The van der Waals surface area contributed by atoms with Gasteiger partial charge in [0.05, 0.1) is 23.1 Å². The molecule has 1 heterocycles. The maximum Gasteiger partial charge on any atom is 0.338 e. The average Bonchev–Trinajstić information content (AvgIpc) is 2.73. The maximum atomic E-state index is 12.1. The van der Waals surface area contributed by atoms with E-state index in [1.165, 1.54) is 11.8 Å². The smallest absolute Gasteiger partial charge is 0.338 e. The Labute approximate surface area is 183 Å². The van der Waals surface area contributed by atoms with Crippen LogP contribution in [0.1, 0.15) is 28.4 Å². The number of aromatic nitrogens is 2. The third kappa shape index (κ3) is 5.37.